The van der Waals surface area contributed by atoms with E-state index in [1.165, 1.54) is 17.4 Å². The number of nitrogens with one attached hydrogen (secondary N) is 1. The molecule has 3 rings (SSSR count). The van der Waals surface area contributed by atoms with Crippen molar-refractivity contribution < 1.29 is 4.92 Å². The lowest BCUT2D eigenvalue weighted by Gasteiger charge is -1.98. The standard InChI is InChI=1S/C12H8N4O2S/c17-16(18)9-5-3-4-8-11(9)19-12(14-8)15-10-6-1-2-7-13-10/h1-7H,(H,13,14,15). The summed E-state index contributed by atoms with van der Waals surface area (Å²) in [6.07, 6.45) is 1.66. The van der Waals surface area contributed by atoms with Gasteiger partial charge in [-0.15, -0.1) is 0 Å². The Bertz CT molecular complexity index is 742. The largest absolute Gasteiger partial charge is 0.316 e. The number of anilines is 2. The summed E-state index contributed by atoms with van der Waals surface area (Å²) in [5, 5.41) is 14.6. The van der Waals surface area contributed by atoms with Crippen LogP contribution in [-0.2, 0) is 0 Å². The third-order valence-electron chi connectivity index (χ3n) is 2.49. The van der Waals surface area contributed by atoms with Crippen LogP contribution >= 0.6 is 11.3 Å². The first-order valence-electron chi connectivity index (χ1n) is 5.46. The second-order valence-corrected chi connectivity index (χ2v) is 4.74. The minimum absolute atomic E-state index is 0.0732. The van der Waals surface area contributed by atoms with Crippen molar-refractivity contribution in [1.82, 2.24) is 9.97 Å². The molecule has 0 spiro atoms. The molecule has 94 valence electrons. The molecule has 19 heavy (non-hydrogen) atoms. The highest BCUT2D eigenvalue weighted by molar-refractivity contribution is 7.22. The first-order chi connectivity index (χ1) is 9.24. The maximum absolute atomic E-state index is 10.9. The van der Waals surface area contributed by atoms with E-state index in [4.69, 9.17) is 0 Å². The molecule has 0 unspecified atom stereocenters. The second-order valence-electron chi connectivity index (χ2n) is 3.74. The highest BCUT2D eigenvalue weighted by Gasteiger charge is 2.15. The number of rotatable bonds is 3. The summed E-state index contributed by atoms with van der Waals surface area (Å²) in [7, 11) is 0. The van der Waals surface area contributed by atoms with Crippen LogP contribution in [0.4, 0.5) is 16.6 Å². The fourth-order valence-corrected chi connectivity index (χ4v) is 2.64. The van der Waals surface area contributed by atoms with E-state index < -0.39 is 4.92 Å². The Balaban J connectivity index is 2.03. The average Bonchev–Trinajstić information content (AvgIpc) is 2.81. The highest BCUT2D eigenvalue weighted by Crippen LogP contribution is 2.34. The van der Waals surface area contributed by atoms with Crippen molar-refractivity contribution in [2.45, 2.75) is 0 Å². The van der Waals surface area contributed by atoms with Gasteiger partial charge in [0, 0.05) is 12.3 Å². The van der Waals surface area contributed by atoms with Crippen molar-refractivity contribution in [3.05, 3.63) is 52.7 Å². The number of benzene rings is 1. The Morgan fingerprint density at radius 1 is 1.21 bits per heavy atom. The van der Waals surface area contributed by atoms with Gasteiger partial charge in [-0.2, -0.15) is 0 Å². The van der Waals surface area contributed by atoms with Gasteiger partial charge in [-0.1, -0.05) is 23.5 Å². The SMILES string of the molecule is O=[N+]([O-])c1cccc2nc(Nc3ccccn3)sc12. The number of thiazole rings is 1. The number of nitro groups is 1. The summed E-state index contributed by atoms with van der Waals surface area (Å²) in [5.74, 6) is 0.657. The molecule has 1 N–H and O–H groups in total. The number of pyridine rings is 1. The predicted octanol–water partition coefficient (Wildman–Crippen LogP) is 3.34. The molecular weight excluding hydrogens is 264 g/mol. The number of hydrogen-bond donors (Lipinski definition) is 1. The number of non-ortho nitro benzene ring substituents is 1. The van der Waals surface area contributed by atoms with Gasteiger partial charge in [0.05, 0.1) is 10.4 Å². The lowest BCUT2D eigenvalue weighted by atomic mass is 10.3. The highest BCUT2D eigenvalue weighted by atomic mass is 32.1. The van der Waals surface area contributed by atoms with Gasteiger partial charge in [-0.3, -0.25) is 10.1 Å². The lowest BCUT2D eigenvalue weighted by Crippen LogP contribution is -1.90. The van der Waals surface area contributed by atoms with Crippen LogP contribution in [0.15, 0.2) is 42.6 Å². The summed E-state index contributed by atoms with van der Waals surface area (Å²) < 4.78 is 0.561. The molecule has 7 heteroatoms. The molecule has 0 amide bonds. The molecule has 0 radical (unpaired) electrons. The van der Waals surface area contributed by atoms with Crippen LogP contribution in [-0.4, -0.2) is 14.9 Å². The normalized spacial score (nSPS) is 10.5. The van der Waals surface area contributed by atoms with Crippen molar-refractivity contribution in [2.75, 3.05) is 5.32 Å². The van der Waals surface area contributed by atoms with E-state index >= 15 is 0 Å². The van der Waals surface area contributed by atoms with Crippen molar-refractivity contribution in [3.63, 3.8) is 0 Å². The molecule has 2 aromatic heterocycles. The fraction of sp³-hybridized carbons (Fsp3) is 0. The van der Waals surface area contributed by atoms with Crippen molar-refractivity contribution in [3.8, 4) is 0 Å². The molecule has 1 aromatic carbocycles. The molecule has 0 saturated heterocycles. The Morgan fingerprint density at radius 2 is 2.11 bits per heavy atom. The molecule has 3 aromatic rings. The van der Waals surface area contributed by atoms with E-state index in [0.29, 0.717) is 21.2 Å². The minimum atomic E-state index is -0.398. The first kappa shape index (κ1) is 11.5. The van der Waals surface area contributed by atoms with Gasteiger partial charge in [0.1, 0.15) is 10.5 Å². The molecule has 0 saturated carbocycles. The zero-order valence-corrected chi connectivity index (χ0v) is 10.4. The van der Waals surface area contributed by atoms with E-state index in [1.54, 1.807) is 24.4 Å². The maximum atomic E-state index is 10.9. The number of nitro benzene ring substituents is 1. The van der Waals surface area contributed by atoms with Gasteiger partial charge in [0.25, 0.3) is 5.69 Å². The summed E-state index contributed by atoms with van der Waals surface area (Å²) in [6.45, 7) is 0. The van der Waals surface area contributed by atoms with E-state index in [1.807, 2.05) is 12.1 Å². The van der Waals surface area contributed by atoms with Crippen LogP contribution in [0.25, 0.3) is 10.2 Å². The third kappa shape index (κ3) is 2.23. The van der Waals surface area contributed by atoms with Crippen molar-refractivity contribution in [1.29, 1.82) is 0 Å². The van der Waals surface area contributed by atoms with Crippen LogP contribution < -0.4 is 5.32 Å². The van der Waals surface area contributed by atoms with Gasteiger partial charge in [0.15, 0.2) is 5.13 Å². The van der Waals surface area contributed by atoms with Crippen molar-refractivity contribution >= 4 is 38.2 Å². The molecule has 0 aliphatic carbocycles. The number of hydrogen-bond acceptors (Lipinski definition) is 6. The van der Waals surface area contributed by atoms with E-state index in [9.17, 15) is 10.1 Å². The molecular formula is C12H8N4O2S. The number of aromatic nitrogens is 2. The zero-order valence-electron chi connectivity index (χ0n) is 9.61. The van der Waals surface area contributed by atoms with E-state index in [-0.39, 0.29) is 5.69 Å². The zero-order chi connectivity index (χ0) is 13.2. The molecule has 0 aliphatic rings. The van der Waals surface area contributed by atoms with Crippen LogP contribution in [0.2, 0.25) is 0 Å². The van der Waals surface area contributed by atoms with Gasteiger partial charge in [0.2, 0.25) is 0 Å². The number of fused-ring (bicyclic) bond motifs is 1. The quantitative estimate of drug-likeness (QED) is 0.584. The smallest absolute Gasteiger partial charge is 0.288 e. The molecule has 0 fully saturated rings. The van der Waals surface area contributed by atoms with Crippen LogP contribution in [0.5, 0.6) is 0 Å². The van der Waals surface area contributed by atoms with Crippen LogP contribution in [0.1, 0.15) is 0 Å². The lowest BCUT2D eigenvalue weighted by molar-refractivity contribution is -0.382. The Morgan fingerprint density at radius 3 is 2.84 bits per heavy atom. The van der Waals surface area contributed by atoms with Crippen molar-refractivity contribution in [2.24, 2.45) is 0 Å². The number of nitrogens with zero attached hydrogens (tertiary/aromatic N) is 3. The van der Waals surface area contributed by atoms with Crippen LogP contribution in [0, 0.1) is 10.1 Å². The second kappa shape index (κ2) is 4.62. The monoisotopic (exact) mass is 272 g/mol. The first-order valence-corrected chi connectivity index (χ1v) is 6.28. The van der Waals surface area contributed by atoms with Crippen LogP contribution in [0.3, 0.4) is 0 Å². The maximum Gasteiger partial charge on any atom is 0.288 e. The molecule has 0 bridgehead atoms. The summed E-state index contributed by atoms with van der Waals surface area (Å²) >= 11 is 1.24. The predicted molar refractivity (Wildman–Crippen MR) is 73.8 cm³/mol. The Hall–Kier alpha value is -2.54. The molecule has 6 nitrogen and oxygen atoms in total. The summed E-state index contributed by atoms with van der Waals surface area (Å²) in [5.41, 5.74) is 0.682. The molecule has 2 heterocycles. The fourth-order valence-electron chi connectivity index (χ4n) is 1.68. The summed E-state index contributed by atoms with van der Waals surface area (Å²) in [6, 6.07) is 10.3. The summed E-state index contributed by atoms with van der Waals surface area (Å²) in [4.78, 5) is 19.0. The van der Waals surface area contributed by atoms with Gasteiger partial charge >= 0.3 is 0 Å². The minimum Gasteiger partial charge on any atom is -0.316 e. The molecule has 0 aliphatic heterocycles. The van der Waals surface area contributed by atoms with Gasteiger partial charge in [-0.25, -0.2) is 9.97 Å². The Labute approximate surface area is 111 Å². The molecule has 0 atom stereocenters. The Kier molecular flexibility index (Phi) is 2.81. The van der Waals surface area contributed by atoms with E-state index in [0.717, 1.165) is 0 Å². The topological polar surface area (TPSA) is 81.0 Å². The third-order valence-corrected chi connectivity index (χ3v) is 3.50. The van der Waals surface area contributed by atoms with Gasteiger partial charge < -0.3 is 5.32 Å². The van der Waals surface area contributed by atoms with E-state index in [2.05, 4.69) is 15.3 Å². The average molecular weight is 272 g/mol. The van der Waals surface area contributed by atoms with Gasteiger partial charge in [-0.05, 0) is 18.2 Å².